The van der Waals surface area contributed by atoms with Gasteiger partial charge in [-0.15, -0.1) is 0 Å². The van der Waals surface area contributed by atoms with Crippen LogP contribution in [0.4, 0.5) is 11.4 Å². The highest BCUT2D eigenvalue weighted by Crippen LogP contribution is 2.26. The van der Waals surface area contributed by atoms with E-state index in [1.807, 2.05) is 31.2 Å². The zero-order valence-corrected chi connectivity index (χ0v) is 16.7. The first kappa shape index (κ1) is 21.0. The van der Waals surface area contributed by atoms with Gasteiger partial charge in [0.2, 0.25) is 5.91 Å². The zero-order chi connectivity index (χ0) is 21.7. The standard InChI is InChI=1S/C22H22N2O6/c1-14-3-9-18(10-4-14)24-12-16(11-20(24)26)22(28)30-13-19(25)23-17-7-5-15(6-8-17)21(27)29-2/h3-10,16H,11-13H2,1-2H3,(H,23,25)/t16-/m0/s1. The molecule has 0 aliphatic carbocycles. The Morgan fingerprint density at radius 2 is 1.73 bits per heavy atom. The maximum Gasteiger partial charge on any atom is 0.337 e. The van der Waals surface area contributed by atoms with E-state index in [2.05, 4.69) is 10.1 Å². The lowest BCUT2D eigenvalue weighted by molar-refractivity contribution is -0.151. The number of carbonyl (C=O) groups excluding carboxylic acids is 4. The lowest BCUT2D eigenvalue weighted by Crippen LogP contribution is -2.28. The average Bonchev–Trinajstić information content (AvgIpc) is 3.14. The van der Waals surface area contributed by atoms with E-state index in [1.165, 1.54) is 19.2 Å². The molecule has 0 spiro atoms. The number of hydrogen-bond donors (Lipinski definition) is 1. The smallest absolute Gasteiger partial charge is 0.337 e. The highest BCUT2D eigenvalue weighted by molar-refractivity contribution is 6.00. The Bertz CT molecular complexity index is 953. The van der Waals surface area contributed by atoms with Crippen LogP contribution in [0.25, 0.3) is 0 Å². The van der Waals surface area contributed by atoms with Gasteiger partial charge in [-0.05, 0) is 43.3 Å². The van der Waals surface area contributed by atoms with Crippen LogP contribution in [-0.2, 0) is 23.9 Å². The molecule has 0 saturated carbocycles. The summed E-state index contributed by atoms with van der Waals surface area (Å²) in [6.45, 7) is 1.71. The van der Waals surface area contributed by atoms with Gasteiger partial charge in [-0.2, -0.15) is 0 Å². The van der Waals surface area contributed by atoms with E-state index < -0.39 is 30.4 Å². The summed E-state index contributed by atoms with van der Waals surface area (Å²) in [5.74, 6) is -2.36. The Morgan fingerprint density at radius 3 is 2.37 bits per heavy atom. The van der Waals surface area contributed by atoms with Crippen LogP contribution in [0.15, 0.2) is 48.5 Å². The van der Waals surface area contributed by atoms with Gasteiger partial charge in [-0.1, -0.05) is 17.7 Å². The molecule has 8 heteroatoms. The molecule has 3 rings (SSSR count). The quantitative estimate of drug-likeness (QED) is 0.734. The molecule has 1 N–H and O–H groups in total. The zero-order valence-electron chi connectivity index (χ0n) is 16.7. The van der Waals surface area contributed by atoms with Gasteiger partial charge in [0.05, 0.1) is 18.6 Å². The predicted octanol–water partition coefficient (Wildman–Crippen LogP) is 2.32. The molecule has 1 aliphatic heterocycles. The summed E-state index contributed by atoms with van der Waals surface area (Å²) in [5, 5.41) is 2.58. The monoisotopic (exact) mass is 410 g/mol. The minimum Gasteiger partial charge on any atom is -0.465 e. The number of esters is 2. The van der Waals surface area contributed by atoms with Gasteiger partial charge in [-0.25, -0.2) is 4.79 Å². The van der Waals surface area contributed by atoms with Gasteiger partial charge in [0.15, 0.2) is 6.61 Å². The molecule has 0 aromatic heterocycles. The summed E-state index contributed by atoms with van der Waals surface area (Å²) in [6, 6.07) is 13.6. The minimum absolute atomic E-state index is 0.0450. The summed E-state index contributed by atoms with van der Waals surface area (Å²) in [5.41, 5.74) is 2.61. The Kier molecular flexibility index (Phi) is 6.46. The molecule has 2 aromatic rings. The van der Waals surface area contributed by atoms with Crippen LogP contribution in [0.1, 0.15) is 22.3 Å². The van der Waals surface area contributed by atoms with E-state index in [-0.39, 0.29) is 18.9 Å². The van der Waals surface area contributed by atoms with Crippen LogP contribution < -0.4 is 10.2 Å². The van der Waals surface area contributed by atoms with Crippen molar-refractivity contribution in [1.82, 2.24) is 0 Å². The van der Waals surface area contributed by atoms with Gasteiger partial charge in [-0.3, -0.25) is 14.4 Å². The molecule has 2 amide bonds. The summed E-state index contributed by atoms with van der Waals surface area (Å²) >= 11 is 0. The number of rotatable bonds is 6. The van der Waals surface area contributed by atoms with Crippen molar-refractivity contribution < 1.29 is 28.7 Å². The maximum absolute atomic E-state index is 12.3. The van der Waals surface area contributed by atoms with E-state index in [0.29, 0.717) is 11.3 Å². The third kappa shape index (κ3) is 5.02. The average molecular weight is 410 g/mol. The molecule has 1 atom stereocenters. The molecule has 30 heavy (non-hydrogen) atoms. The van der Waals surface area contributed by atoms with Crippen LogP contribution in [0.5, 0.6) is 0 Å². The molecule has 8 nitrogen and oxygen atoms in total. The van der Waals surface area contributed by atoms with Gasteiger partial charge >= 0.3 is 11.9 Å². The molecule has 0 radical (unpaired) electrons. The molecule has 1 fully saturated rings. The maximum atomic E-state index is 12.3. The van der Waals surface area contributed by atoms with Crippen LogP contribution in [-0.4, -0.2) is 44.0 Å². The van der Waals surface area contributed by atoms with E-state index in [1.54, 1.807) is 17.0 Å². The Balaban J connectivity index is 1.49. The first-order chi connectivity index (χ1) is 14.4. The molecule has 1 aliphatic rings. The molecular weight excluding hydrogens is 388 g/mol. The second kappa shape index (κ2) is 9.21. The number of methoxy groups -OCH3 is 1. The number of nitrogens with zero attached hydrogens (tertiary/aromatic N) is 1. The van der Waals surface area contributed by atoms with Crippen molar-refractivity contribution in [3.63, 3.8) is 0 Å². The fraction of sp³-hybridized carbons (Fsp3) is 0.273. The number of carbonyl (C=O) groups is 4. The molecular formula is C22H22N2O6. The molecule has 1 saturated heterocycles. The number of anilines is 2. The normalized spacial score (nSPS) is 15.6. The van der Waals surface area contributed by atoms with E-state index in [0.717, 1.165) is 11.3 Å². The van der Waals surface area contributed by atoms with Crippen molar-refractivity contribution >= 4 is 35.1 Å². The van der Waals surface area contributed by atoms with E-state index in [4.69, 9.17) is 4.74 Å². The second-order valence-electron chi connectivity index (χ2n) is 6.97. The molecule has 2 aromatic carbocycles. The first-order valence-corrected chi connectivity index (χ1v) is 9.39. The summed E-state index contributed by atoms with van der Waals surface area (Å²) in [7, 11) is 1.28. The van der Waals surface area contributed by atoms with Crippen molar-refractivity contribution in [3.05, 3.63) is 59.7 Å². The van der Waals surface area contributed by atoms with E-state index >= 15 is 0 Å². The molecule has 0 bridgehead atoms. The van der Waals surface area contributed by atoms with Crippen LogP contribution in [0, 0.1) is 12.8 Å². The van der Waals surface area contributed by atoms with Crippen molar-refractivity contribution in [1.29, 1.82) is 0 Å². The molecule has 0 unspecified atom stereocenters. The Morgan fingerprint density at radius 1 is 1.07 bits per heavy atom. The number of benzene rings is 2. The number of hydrogen-bond acceptors (Lipinski definition) is 6. The Labute approximate surface area is 173 Å². The van der Waals surface area contributed by atoms with Crippen molar-refractivity contribution in [3.8, 4) is 0 Å². The number of nitrogens with one attached hydrogen (secondary N) is 1. The lowest BCUT2D eigenvalue weighted by Gasteiger charge is -2.16. The fourth-order valence-corrected chi connectivity index (χ4v) is 3.10. The van der Waals surface area contributed by atoms with Crippen molar-refractivity contribution in [2.45, 2.75) is 13.3 Å². The molecule has 1 heterocycles. The highest BCUT2D eigenvalue weighted by atomic mass is 16.5. The van der Waals surface area contributed by atoms with Crippen LogP contribution >= 0.6 is 0 Å². The van der Waals surface area contributed by atoms with Gasteiger partial charge in [0.25, 0.3) is 5.91 Å². The number of aryl methyl sites for hydroxylation is 1. The lowest BCUT2D eigenvalue weighted by atomic mass is 10.1. The van der Waals surface area contributed by atoms with Crippen LogP contribution in [0.3, 0.4) is 0 Å². The summed E-state index contributed by atoms with van der Waals surface area (Å²) in [4.78, 5) is 49.5. The number of ether oxygens (including phenoxy) is 2. The highest BCUT2D eigenvalue weighted by Gasteiger charge is 2.36. The van der Waals surface area contributed by atoms with E-state index in [9.17, 15) is 19.2 Å². The minimum atomic E-state index is -0.619. The molecule has 156 valence electrons. The topological polar surface area (TPSA) is 102 Å². The van der Waals surface area contributed by atoms with Gasteiger partial charge < -0.3 is 19.7 Å². The largest absolute Gasteiger partial charge is 0.465 e. The SMILES string of the molecule is COC(=O)c1ccc(NC(=O)COC(=O)[C@H]2CC(=O)N(c3ccc(C)cc3)C2)cc1. The van der Waals surface area contributed by atoms with Gasteiger partial charge in [0.1, 0.15) is 0 Å². The number of amides is 2. The third-order valence-corrected chi connectivity index (χ3v) is 4.74. The van der Waals surface area contributed by atoms with Gasteiger partial charge in [0, 0.05) is 24.3 Å². The second-order valence-corrected chi connectivity index (χ2v) is 6.97. The fourth-order valence-electron chi connectivity index (χ4n) is 3.10. The van der Waals surface area contributed by atoms with Crippen molar-refractivity contribution in [2.24, 2.45) is 5.92 Å². The summed E-state index contributed by atoms with van der Waals surface area (Å²) in [6.07, 6.45) is 0.0450. The third-order valence-electron chi connectivity index (χ3n) is 4.74. The first-order valence-electron chi connectivity index (χ1n) is 9.39. The Hall–Kier alpha value is -3.68. The van der Waals surface area contributed by atoms with Crippen LogP contribution in [0.2, 0.25) is 0 Å². The summed E-state index contributed by atoms with van der Waals surface area (Å²) < 4.78 is 9.70. The van der Waals surface area contributed by atoms with Crippen molar-refractivity contribution in [2.75, 3.05) is 30.5 Å². The predicted molar refractivity (Wildman–Crippen MR) is 109 cm³/mol.